The van der Waals surface area contributed by atoms with Crippen molar-refractivity contribution >= 4 is 12.0 Å². The van der Waals surface area contributed by atoms with E-state index in [9.17, 15) is 9.59 Å². The highest BCUT2D eigenvalue weighted by Crippen LogP contribution is 2.43. The van der Waals surface area contributed by atoms with Crippen molar-refractivity contribution in [3.05, 3.63) is 0 Å². The van der Waals surface area contributed by atoms with Crippen LogP contribution in [0.5, 0.6) is 0 Å². The molecule has 2 unspecified atom stereocenters. The molecule has 0 radical (unpaired) electrons. The van der Waals surface area contributed by atoms with Gasteiger partial charge in [-0.15, -0.1) is 0 Å². The molecule has 6 heteroatoms. The summed E-state index contributed by atoms with van der Waals surface area (Å²) < 4.78 is 16.6. The second kappa shape index (κ2) is 7.72. The van der Waals surface area contributed by atoms with Crippen molar-refractivity contribution in [2.24, 2.45) is 5.92 Å². The predicted octanol–water partition coefficient (Wildman–Crippen LogP) is 3.62. The van der Waals surface area contributed by atoms with Crippen LogP contribution in [0, 0.1) is 5.92 Å². The molecular formula is C19H34NO5+. The molecule has 25 heavy (non-hydrogen) atoms. The van der Waals surface area contributed by atoms with Gasteiger partial charge in [0.25, 0.3) is 0 Å². The number of hydrogen-bond acceptors (Lipinski definition) is 5. The number of quaternary nitrogens is 1. The third kappa shape index (κ3) is 4.23. The van der Waals surface area contributed by atoms with E-state index in [0.717, 1.165) is 25.7 Å². The third-order valence-corrected chi connectivity index (χ3v) is 5.25. The first kappa shape index (κ1) is 20.3. The molecule has 0 N–H and O–H groups in total. The van der Waals surface area contributed by atoms with Crippen LogP contribution in [-0.4, -0.2) is 54.2 Å². The molecule has 0 bridgehead atoms. The summed E-state index contributed by atoms with van der Waals surface area (Å²) in [4.78, 5) is 25.7. The van der Waals surface area contributed by atoms with E-state index in [-0.39, 0.29) is 16.4 Å². The molecular weight excluding hydrogens is 322 g/mol. The second-order valence-electron chi connectivity index (χ2n) is 8.36. The monoisotopic (exact) mass is 356 g/mol. The number of imide groups is 1. The number of nitrogens with zero attached hydrogens (tertiary/aromatic N) is 1. The number of likely N-dealkylation sites (N-methyl/N-ethyl adjacent to an activating group) is 1. The summed E-state index contributed by atoms with van der Waals surface area (Å²) in [5.74, 6) is 0.0687. The Bertz CT molecular complexity index is 495. The van der Waals surface area contributed by atoms with Gasteiger partial charge in [0.05, 0.1) is 7.05 Å². The van der Waals surface area contributed by atoms with Crippen LogP contribution < -0.4 is 0 Å². The lowest BCUT2D eigenvalue weighted by Gasteiger charge is -2.52. The first-order valence-electron chi connectivity index (χ1n) is 9.52. The van der Waals surface area contributed by atoms with Crippen LogP contribution >= 0.6 is 0 Å². The van der Waals surface area contributed by atoms with Crippen LogP contribution in [0.3, 0.4) is 0 Å². The summed E-state index contributed by atoms with van der Waals surface area (Å²) in [5.41, 5.74) is -0.625. The minimum Gasteiger partial charge on any atom is -0.414 e. The number of β-lactam (4-membered cyclic amide) rings is 1. The standard InChI is InChI=1S/C19H34NO5/c1-7-23-13(2)24-16-15(14-11-9-8-10-12-14)20(6,17(16)21)18(22)25-19(3,4)5/h13-16H,7-12H2,1-6H3/q+1/t13?,15-,16+,20?/m0/s1. The lowest BCUT2D eigenvalue weighted by molar-refractivity contribution is -0.836. The minimum atomic E-state index is -0.625. The minimum absolute atomic E-state index is 0.189. The molecule has 1 aliphatic heterocycles. The van der Waals surface area contributed by atoms with Gasteiger partial charge < -0.3 is 14.2 Å². The Balaban J connectivity index is 2.22. The van der Waals surface area contributed by atoms with E-state index in [2.05, 4.69) is 0 Å². The van der Waals surface area contributed by atoms with Gasteiger partial charge in [0.1, 0.15) is 11.6 Å². The van der Waals surface area contributed by atoms with Crippen molar-refractivity contribution in [2.75, 3.05) is 13.7 Å². The summed E-state index contributed by atoms with van der Waals surface area (Å²) in [6, 6.07) is -0.189. The highest BCUT2D eigenvalue weighted by Gasteiger charge is 2.70. The summed E-state index contributed by atoms with van der Waals surface area (Å²) >= 11 is 0. The molecule has 2 aliphatic rings. The van der Waals surface area contributed by atoms with Gasteiger partial charge in [0.15, 0.2) is 6.29 Å². The SMILES string of the molecule is CCOC(C)O[C@H]1C(=O)[N+](C)(C(=O)OC(C)(C)C)[C@H]1C1CCCCC1. The van der Waals surface area contributed by atoms with E-state index in [0.29, 0.717) is 12.5 Å². The molecule has 0 spiro atoms. The molecule has 6 nitrogen and oxygen atoms in total. The fourth-order valence-electron chi connectivity index (χ4n) is 4.08. The van der Waals surface area contributed by atoms with Gasteiger partial charge in [0, 0.05) is 12.5 Å². The topological polar surface area (TPSA) is 61.8 Å². The Morgan fingerprint density at radius 1 is 1.24 bits per heavy atom. The molecule has 0 aromatic carbocycles. The Morgan fingerprint density at radius 2 is 1.84 bits per heavy atom. The lowest BCUT2D eigenvalue weighted by atomic mass is 9.75. The van der Waals surface area contributed by atoms with Crippen LogP contribution in [0.25, 0.3) is 0 Å². The quantitative estimate of drug-likeness (QED) is 0.428. The average Bonchev–Trinajstić information content (AvgIpc) is 2.53. The number of carbonyl (C=O) groups is 2. The number of carbonyl (C=O) groups excluding carboxylic acids is 2. The maximum atomic E-state index is 12.9. The molecule has 1 aliphatic carbocycles. The fraction of sp³-hybridized carbons (Fsp3) is 0.895. The predicted molar refractivity (Wildman–Crippen MR) is 93.7 cm³/mol. The molecule has 2 fully saturated rings. The summed E-state index contributed by atoms with van der Waals surface area (Å²) in [6.45, 7) is 9.67. The van der Waals surface area contributed by atoms with Gasteiger partial charge in [-0.25, -0.2) is 4.79 Å². The Morgan fingerprint density at radius 3 is 2.36 bits per heavy atom. The summed E-state index contributed by atoms with van der Waals surface area (Å²) in [6.07, 6.45) is 4.01. The van der Waals surface area contributed by atoms with Crippen molar-refractivity contribution < 1.29 is 28.3 Å². The van der Waals surface area contributed by atoms with Gasteiger partial charge in [-0.05, 0) is 47.5 Å². The molecule has 0 aromatic rings. The summed E-state index contributed by atoms with van der Waals surface area (Å²) in [5, 5.41) is 0. The zero-order chi connectivity index (χ0) is 18.8. The van der Waals surface area contributed by atoms with Crippen molar-refractivity contribution in [3.63, 3.8) is 0 Å². The largest absolute Gasteiger partial charge is 0.524 e. The van der Waals surface area contributed by atoms with E-state index in [4.69, 9.17) is 14.2 Å². The number of likely N-dealkylation sites (tertiary alicyclic amines) is 1. The lowest BCUT2D eigenvalue weighted by Crippen LogP contribution is -2.81. The molecule has 144 valence electrons. The van der Waals surface area contributed by atoms with E-state index >= 15 is 0 Å². The van der Waals surface area contributed by atoms with Crippen molar-refractivity contribution in [2.45, 2.75) is 90.8 Å². The Hall–Kier alpha value is -0.980. The van der Waals surface area contributed by atoms with Crippen molar-refractivity contribution in [3.8, 4) is 0 Å². The molecule has 1 saturated heterocycles. The first-order chi connectivity index (χ1) is 11.6. The number of amides is 2. The maximum absolute atomic E-state index is 12.9. The fourth-order valence-corrected chi connectivity index (χ4v) is 4.08. The molecule has 2 amide bonds. The van der Waals surface area contributed by atoms with Crippen LogP contribution in [0.15, 0.2) is 0 Å². The maximum Gasteiger partial charge on any atom is 0.524 e. The van der Waals surface area contributed by atoms with Gasteiger partial charge in [-0.3, -0.25) is 0 Å². The average molecular weight is 356 g/mol. The first-order valence-corrected chi connectivity index (χ1v) is 9.52. The smallest absolute Gasteiger partial charge is 0.414 e. The zero-order valence-electron chi connectivity index (χ0n) is 16.5. The molecule has 0 aromatic heterocycles. The number of rotatable bonds is 5. The number of hydrogen-bond donors (Lipinski definition) is 0. The van der Waals surface area contributed by atoms with Gasteiger partial charge >= 0.3 is 12.0 Å². The van der Waals surface area contributed by atoms with Crippen LogP contribution in [0.2, 0.25) is 0 Å². The van der Waals surface area contributed by atoms with Crippen LogP contribution in [-0.2, 0) is 19.0 Å². The van der Waals surface area contributed by atoms with Crippen LogP contribution in [0.4, 0.5) is 4.79 Å². The van der Waals surface area contributed by atoms with E-state index < -0.39 is 24.1 Å². The molecule has 4 atom stereocenters. The second-order valence-corrected chi connectivity index (χ2v) is 8.36. The summed E-state index contributed by atoms with van der Waals surface area (Å²) in [7, 11) is 1.68. The molecule has 1 heterocycles. The van der Waals surface area contributed by atoms with Gasteiger partial charge in [0.2, 0.25) is 6.10 Å². The van der Waals surface area contributed by atoms with Crippen molar-refractivity contribution in [1.82, 2.24) is 0 Å². The zero-order valence-corrected chi connectivity index (χ0v) is 16.5. The van der Waals surface area contributed by atoms with Gasteiger partial charge in [-0.2, -0.15) is 9.28 Å². The van der Waals surface area contributed by atoms with E-state index in [1.165, 1.54) is 6.42 Å². The highest BCUT2D eigenvalue weighted by molar-refractivity contribution is 5.90. The molecule has 1 saturated carbocycles. The highest BCUT2D eigenvalue weighted by atomic mass is 16.7. The molecule has 2 rings (SSSR count). The Kier molecular flexibility index (Phi) is 6.28. The third-order valence-electron chi connectivity index (χ3n) is 5.25. The van der Waals surface area contributed by atoms with Gasteiger partial charge in [-0.1, -0.05) is 19.3 Å². The number of ether oxygens (including phenoxy) is 3. The van der Waals surface area contributed by atoms with Crippen molar-refractivity contribution in [1.29, 1.82) is 0 Å². The van der Waals surface area contributed by atoms with E-state index in [1.54, 1.807) is 14.0 Å². The van der Waals surface area contributed by atoms with Crippen LogP contribution in [0.1, 0.15) is 66.7 Å². The van der Waals surface area contributed by atoms with E-state index in [1.807, 2.05) is 27.7 Å². The Labute approximate surface area is 151 Å². The normalized spacial score (nSPS) is 32.2.